The summed E-state index contributed by atoms with van der Waals surface area (Å²) >= 11 is 1.67. The Bertz CT molecular complexity index is 895. The average Bonchev–Trinajstić information content (AvgIpc) is 3.08. The van der Waals surface area contributed by atoms with Gasteiger partial charge in [-0.15, -0.1) is 0 Å². The Hall–Kier alpha value is -2.27. The van der Waals surface area contributed by atoms with Gasteiger partial charge in [-0.05, 0) is 49.2 Å². The van der Waals surface area contributed by atoms with Gasteiger partial charge in [-0.3, -0.25) is 0 Å². The lowest BCUT2D eigenvalue weighted by Crippen LogP contribution is -1.84. The second-order valence-electron chi connectivity index (χ2n) is 5.48. The normalized spacial score (nSPS) is 11.5. The summed E-state index contributed by atoms with van der Waals surface area (Å²) in [5, 5.41) is 0.931. The summed E-state index contributed by atoms with van der Waals surface area (Å²) in [5.74, 6) is 1.74. The van der Waals surface area contributed by atoms with E-state index in [1.807, 2.05) is 24.3 Å². The van der Waals surface area contributed by atoms with E-state index in [0.29, 0.717) is 0 Å². The quantitative estimate of drug-likeness (QED) is 0.553. The molecule has 0 fully saturated rings. The van der Waals surface area contributed by atoms with Crippen molar-refractivity contribution in [3.05, 3.63) is 53.3 Å². The van der Waals surface area contributed by atoms with Crippen LogP contribution in [0, 0.1) is 13.8 Å². The Balaban J connectivity index is 1.58. The number of rotatable bonds is 3. The lowest BCUT2D eigenvalue weighted by molar-refractivity contribution is 1.06. The first-order valence-electron chi connectivity index (χ1n) is 7.22. The average molecular weight is 308 g/mol. The van der Waals surface area contributed by atoms with Gasteiger partial charge in [0.15, 0.2) is 5.16 Å². The largest absolute Gasteiger partial charge is 0.341 e. The van der Waals surface area contributed by atoms with Crippen LogP contribution in [0.5, 0.6) is 0 Å². The molecule has 2 N–H and O–H groups in total. The van der Waals surface area contributed by atoms with Gasteiger partial charge in [0.2, 0.25) is 0 Å². The number of nitrogens with zero attached hydrogens (tertiary/aromatic N) is 2. The van der Waals surface area contributed by atoms with Crippen molar-refractivity contribution in [3.8, 4) is 0 Å². The molecule has 4 nitrogen and oxygen atoms in total. The fourth-order valence-electron chi connectivity index (χ4n) is 2.53. The van der Waals surface area contributed by atoms with Gasteiger partial charge in [0.05, 0.1) is 27.8 Å². The number of aryl methyl sites for hydroxylation is 2. The Morgan fingerprint density at radius 2 is 1.73 bits per heavy atom. The molecule has 0 saturated heterocycles. The molecule has 0 amide bonds. The van der Waals surface area contributed by atoms with Gasteiger partial charge in [-0.2, -0.15) is 0 Å². The molecule has 110 valence electrons. The predicted octanol–water partition coefficient (Wildman–Crippen LogP) is 4.35. The molecule has 4 aromatic rings. The van der Waals surface area contributed by atoms with Crippen molar-refractivity contribution >= 4 is 33.8 Å². The first-order valence-corrected chi connectivity index (χ1v) is 8.21. The molecule has 0 atom stereocenters. The predicted molar refractivity (Wildman–Crippen MR) is 91.2 cm³/mol. The molecule has 0 radical (unpaired) electrons. The van der Waals surface area contributed by atoms with Crippen molar-refractivity contribution in [2.24, 2.45) is 0 Å². The Kier molecular flexibility index (Phi) is 3.15. The lowest BCUT2D eigenvalue weighted by atomic mass is 10.1. The molecule has 2 aromatic heterocycles. The van der Waals surface area contributed by atoms with E-state index in [1.165, 1.54) is 11.1 Å². The van der Waals surface area contributed by atoms with Crippen LogP contribution in [-0.2, 0) is 5.75 Å². The number of fused-ring (bicyclic) bond motifs is 2. The van der Waals surface area contributed by atoms with Crippen LogP contribution in [0.25, 0.3) is 22.1 Å². The molecule has 4 rings (SSSR count). The van der Waals surface area contributed by atoms with Gasteiger partial charge in [-0.25, -0.2) is 9.97 Å². The third-order valence-corrected chi connectivity index (χ3v) is 4.74. The van der Waals surface area contributed by atoms with E-state index in [4.69, 9.17) is 0 Å². The van der Waals surface area contributed by atoms with Crippen LogP contribution in [0.3, 0.4) is 0 Å². The van der Waals surface area contributed by atoms with Crippen molar-refractivity contribution in [1.82, 2.24) is 19.9 Å². The van der Waals surface area contributed by atoms with Crippen molar-refractivity contribution in [2.75, 3.05) is 0 Å². The number of imidazole rings is 2. The number of hydrogen-bond donors (Lipinski definition) is 2. The molecule has 0 unspecified atom stereocenters. The number of benzene rings is 2. The van der Waals surface area contributed by atoms with E-state index in [9.17, 15) is 0 Å². The third-order valence-electron chi connectivity index (χ3n) is 3.86. The summed E-state index contributed by atoms with van der Waals surface area (Å²) in [7, 11) is 0. The molecule has 22 heavy (non-hydrogen) atoms. The number of hydrogen-bond acceptors (Lipinski definition) is 3. The third kappa shape index (κ3) is 2.37. The molecule has 2 aromatic carbocycles. The van der Waals surface area contributed by atoms with E-state index >= 15 is 0 Å². The van der Waals surface area contributed by atoms with E-state index in [2.05, 4.69) is 45.9 Å². The maximum absolute atomic E-state index is 4.65. The van der Waals surface area contributed by atoms with E-state index in [0.717, 1.165) is 38.8 Å². The van der Waals surface area contributed by atoms with E-state index in [-0.39, 0.29) is 0 Å². The van der Waals surface area contributed by atoms with Crippen LogP contribution in [0.2, 0.25) is 0 Å². The maximum atomic E-state index is 4.65. The van der Waals surface area contributed by atoms with Crippen LogP contribution in [0.4, 0.5) is 0 Å². The Morgan fingerprint density at radius 3 is 2.59 bits per heavy atom. The SMILES string of the molecule is Cc1cc2nc(SCc3nc4ccccc4[nH]3)[nH]c2cc1C. The van der Waals surface area contributed by atoms with Gasteiger partial charge in [0.1, 0.15) is 5.82 Å². The zero-order chi connectivity index (χ0) is 15.1. The minimum atomic E-state index is 0.770. The highest BCUT2D eigenvalue weighted by atomic mass is 32.2. The maximum Gasteiger partial charge on any atom is 0.166 e. The first-order chi connectivity index (χ1) is 10.7. The Morgan fingerprint density at radius 1 is 0.909 bits per heavy atom. The van der Waals surface area contributed by atoms with Crippen molar-refractivity contribution in [2.45, 2.75) is 24.8 Å². The minimum Gasteiger partial charge on any atom is -0.341 e. The van der Waals surface area contributed by atoms with Crippen LogP contribution < -0.4 is 0 Å². The highest BCUT2D eigenvalue weighted by molar-refractivity contribution is 7.98. The van der Waals surface area contributed by atoms with Crippen molar-refractivity contribution in [3.63, 3.8) is 0 Å². The summed E-state index contributed by atoms with van der Waals surface area (Å²) in [6.45, 7) is 4.24. The molecule has 0 spiro atoms. The monoisotopic (exact) mass is 308 g/mol. The molecular weight excluding hydrogens is 292 g/mol. The topological polar surface area (TPSA) is 57.4 Å². The zero-order valence-corrected chi connectivity index (χ0v) is 13.3. The molecule has 0 aliphatic carbocycles. The van der Waals surface area contributed by atoms with Crippen LogP contribution in [0.1, 0.15) is 17.0 Å². The van der Waals surface area contributed by atoms with Crippen LogP contribution in [0.15, 0.2) is 41.6 Å². The van der Waals surface area contributed by atoms with Gasteiger partial charge in [-0.1, -0.05) is 23.9 Å². The van der Waals surface area contributed by atoms with Crippen molar-refractivity contribution in [1.29, 1.82) is 0 Å². The van der Waals surface area contributed by atoms with Crippen LogP contribution >= 0.6 is 11.8 Å². The van der Waals surface area contributed by atoms with Gasteiger partial charge < -0.3 is 9.97 Å². The molecule has 0 aliphatic heterocycles. The smallest absolute Gasteiger partial charge is 0.166 e. The van der Waals surface area contributed by atoms with E-state index in [1.54, 1.807) is 11.8 Å². The molecular formula is C17H16N4S. The fraction of sp³-hybridized carbons (Fsp3) is 0.176. The van der Waals surface area contributed by atoms with Gasteiger partial charge in [0.25, 0.3) is 0 Å². The number of nitrogens with one attached hydrogen (secondary N) is 2. The second-order valence-corrected chi connectivity index (χ2v) is 6.45. The number of aromatic nitrogens is 4. The summed E-state index contributed by atoms with van der Waals surface area (Å²) in [5.41, 5.74) is 6.76. The number of aromatic amines is 2. The fourth-order valence-corrected chi connectivity index (χ4v) is 3.28. The van der Waals surface area contributed by atoms with E-state index < -0.39 is 0 Å². The highest BCUT2D eigenvalue weighted by Crippen LogP contribution is 2.24. The van der Waals surface area contributed by atoms with Gasteiger partial charge >= 0.3 is 0 Å². The second kappa shape index (κ2) is 5.18. The molecule has 0 bridgehead atoms. The highest BCUT2D eigenvalue weighted by Gasteiger charge is 2.07. The number of H-pyrrole nitrogens is 2. The van der Waals surface area contributed by atoms with Gasteiger partial charge in [0, 0.05) is 0 Å². The minimum absolute atomic E-state index is 0.770. The summed E-state index contributed by atoms with van der Waals surface area (Å²) < 4.78 is 0. The lowest BCUT2D eigenvalue weighted by Gasteiger charge is -1.97. The van der Waals surface area contributed by atoms with Crippen molar-refractivity contribution < 1.29 is 0 Å². The Labute approximate surface area is 132 Å². The molecule has 5 heteroatoms. The zero-order valence-electron chi connectivity index (χ0n) is 12.5. The molecule has 0 saturated carbocycles. The number of thioether (sulfide) groups is 1. The summed E-state index contributed by atoms with van der Waals surface area (Å²) in [6.07, 6.45) is 0. The molecule has 0 aliphatic rings. The first kappa shape index (κ1) is 13.4. The molecule has 2 heterocycles. The van der Waals surface area contributed by atoms with Crippen LogP contribution in [-0.4, -0.2) is 19.9 Å². The number of para-hydroxylation sites is 2. The summed E-state index contributed by atoms with van der Waals surface area (Å²) in [4.78, 5) is 16.0. The standard InChI is InChI=1S/C17H16N4S/c1-10-7-14-15(8-11(10)2)21-17(20-14)22-9-16-18-12-5-3-4-6-13(12)19-16/h3-8H,9H2,1-2H3,(H,18,19)(H,20,21). The summed E-state index contributed by atoms with van der Waals surface area (Å²) in [6, 6.07) is 12.4.